The molecule has 0 aliphatic rings. The molecule has 1 rings (SSSR count). The van der Waals surface area contributed by atoms with Gasteiger partial charge in [-0.3, -0.25) is 4.79 Å². The average molecular weight is 272 g/mol. The highest BCUT2D eigenvalue weighted by molar-refractivity contribution is 7.13. The molecule has 0 aromatic carbocycles. The summed E-state index contributed by atoms with van der Waals surface area (Å²) in [6, 6.07) is 0. The van der Waals surface area contributed by atoms with Crippen LogP contribution in [0.3, 0.4) is 0 Å². The third kappa shape index (κ3) is 4.42. The SMILES string of the molecule is CCc1nc(C)c(C(=O)NCCOCC(=O)O)s1. The van der Waals surface area contributed by atoms with Gasteiger partial charge in [-0.1, -0.05) is 6.92 Å². The molecule has 2 N–H and O–H groups in total. The van der Waals surface area contributed by atoms with Crippen LogP contribution >= 0.6 is 11.3 Å². The first-order chi connectivity index (χ1) is 8.54. The van der Waals surface area contributed by atoms with E-state index in [1.165, 1.54) is 11.3 Å². The smallest absolute Gasteiger partial charge is 0.329 e. The van der Waals surface area contributed by atoms with Crippen molar-refractivity contribution in [2.75, 3.05) is 19.8 Å². The number of hydrogen-bond donors (Lipinski definition) is 2. The fourth-order valence-corrected chi connectivity index (χ4v) is 2.21. The molecule has 1 aromatic rings. The zero-order valence-corrected chi connectivity index (χ0v) is 11.2. The molecular weight excluding hydrogens is 256 g/mol. The summed E-state index contributed by atoms with van der Waals surface area (Å²) in [7, 11) is 0. The Kier molecular flexibility index (Phi) is 5.73. The van der Waals surface area contributed by atoms with Crippen molar-refractivity contribution in [1.29, 1.82) is 0 Å². The third-order valence-corrected chi connectivity index (χ3v) is 3.41. The van der Waals surface area contributed by atoms with Crippen LogP contribution in [-0.2, 0) is 16.0 Å². The highest BCUT2D eigenvalue weighted by Gasteiger charge is 2.13. The van der Waals surface area contributed by atoms with Gasteiger partial charge in [-0.15, -0.1) is 11.3 Å². The van der Waals surface area contributed by atoms with Gasteiger partial charge in [0.15, 0.2) is 0 Å². The fraction of sp³-hybridized carbons (Fsp3) is 0.545. The summed E-state index contributed by atoms with van der Waals surface area (Å²) in [6.07, 6.45) is 0.806. The number of carbonyl (C=O) groups excluding carboxylic acids is 1. The molecule has 0 radical (unpaired) electrons. The van der Waals surface area contributed by atoms with Crippen LogP contribution in [0.15, 0.2) is 0 Å². The van der Waals surface area contributed by atoms with Crippen LogP contribution in [0, 0.1) is 6.92 Å². The molecule has 6 nitrogen and oxygen atoms in total. The van der Waals surface area contributed by atoms with Gasteiger partial charge in [0.25, 0.3) is 5.91 Å². The number of amides is 1. The van der Waals surface area contributed by atoms with Crippen molar-refractivity contribution in [3.8, 4) is 0 Å². The lowest BCUT2D eigenvalue weighted by Gasteiger charge is -2.03. The Balaban J connectivity index is 2.36. The van der Waals surface area contributed by atoms with Gasteiger partial charge in [-0.25, -0.2) is 9.78 Å². The molecule has 0 spiro atoms. The standard InChI is InChI=1S/C11H16N2O4S/c1-3-8-13-7(2)10(18-8)11(16)12-4-5-17-6-9(14)15/h3-6H2,1-2H3,(H,12,16)(H,14,15). The minimum atomic E-state index is -1.02. The molecule has 0 aliphatic heterocycles. The minimum Gasteiger partial charge on any atom is -0.480 e. The summed E-state index contributed by atoms with van der Waals surface area (Å²) in [4.78, 5) is 26.8. The Morgan fingerprint density at radius 3 is 2.78 bits per heavy atom. The third-order valence-electron chi connectivity index (χ3n) is 2.11. The van der Waals surface area contributed by atoms with E-state index < -0.39 is 5.97 Å². The lowest BCUT2D eigenvalue weighted by atomic mass is 10.3. The number of aryl methyl sites for hydroxylation is 2. The normalized spacial score (nSPS) is 10.3. The van der Waals surface area contributed by atoms with Gasteiger partial charge in [-0.2, -0.15) is 0 Å². The summed E-state index contributed by atoms with van der Waals surface area (Å²) in [6.45, 7) is 3.89. The van der Waals surface area contributed by atoms with E-state index >= 15 is 0 Å². The lowest BCUT2D eigenvalue weighted by molar-refractivity contribution is -0.142. The Morgan fingerprint density at radius 1 is 1.50 bits per heavy atom. The Hall–Kier alpha value is -1.47. The van der Waals surface area contributed by atoms with Crippen molar-refractivity contribution in [3.05, 3.63) is 15.6 Å². The molecule has 18 heavy (non-hydrogen) atoms. The van der Waals surface area contributed by atoms with Gasteiger partial charge in [0.2, 0.25) is 0 Å². The number of ether oxygens (including phenoxy) is 1. The molecule has 0 saturated carbocycles. The van der Waals surface area contributed by atoms with E-state index in [2.05, 4.69) is 10.3 Å². The minimum absolute atomic E-state index is 0.177. The number of carboxylic acids is 1. The molecule has 1 amide bonds. The molecule has 0 atom stereocenters. The predicted octanol–water partition coefficient (Wildman–Crippen LogP) is 0.845. The second-order valence-corrected chi connectivity index (χ2v) is 4.66. The number of hydrogen-bond acceptors (Lipinski definition) is 5. The summed E-state index contributed by atoms with van der Waals surface area (Å²) in [5.41, 5.74) is 0.723. The molecule has 1 aromatic heterocycles. The van der Waals surface area contributed by atoms with Crippen LogP contribution in [-0.4, -0.2) is 41.7 Å². The van der Waals surface area contributed by atoms with Crippen molar-refractivity contribution >= 4 is 23.2 Å². The predicted molar refractivity (Wildman–Crippen MR) is 67.0 cm³/mol. The Bertz CT molecular complexity index is 431. The van der Waals surface area contributed by atoms with Crippen LogP contribution in [0.4, 0.5) is 0 Å². The number of nitrogens with one attached hydrogen (secondary N) is 1. The van der Waals surface area contributed by atoms with Crippen LogP contribution in [0.2, 0.25) is 0 Å². The maximum Gasteiger partial charge on any atom is 0.329 e. The molecule has 100 valence electrons. The van der Waals surface area contributed by atoms with Gasteiger partial charge in [0.1, 0.15) is 11.5 Å². The van der Waals surface area contributed by atoms with E-state index in [0.717, 1.165) is 17.1 Å². The highest BCUT2D eigenvalue weighted by atomic mass is 32.1. The van der Waals surface area contributed by atoms with Gasteiger partial charge in [0, 0.05) is 6.54 Å². The van der Waals surface area contributed by atoms with E-state index in [1.807, 2.05) is 6.92 Å². The summed E-state index contributed by atoms with van der Waals surface area (Å²) >= 11 is 1.38. The Labute approximate surface area is 109 Å². The van der Waals surface area contributed by atoms with Gasteiger partial charge in [0.05, 0.1) is 17.3 Å². The van der Waals surface area contributed by atoms with Crippen molar-refractivity contribution in [2.24, 2.45) is 0 Å². The van der Waals surface area contributed by atoms with Crippen LogP contribution in [0.1, 0.15) is 27.3 Å². The molecule has 0 bridgehead atoms. The van der Waals surface area contributed by atoms with E-state index in [4.69, 9.17) is 9.84 Å². The first-order valence-corrected chi connectivity index (χ1v) is 6.40. The van der Waals surface area contributed by atoms with E-state index in [0.29, 0.717) is 4.88 Å². The van der Waals surface area contributed by atoms with Crippen molar-refractivity contribution in [3.63, 3.8) is 0 Å². The second-order valence-electron chi connectivity index (χ2n) is 3.58. The quantitative estimate of drug-likeness (QED) is 0.718. The van der Waals surface area contributed by atoms with Crippen molar-refractivity contribution in [1.82, 2.24) is 10.3 Å². The maximum atomic E-state index is 11.8. The fourth-order valence-electron chi connectivity index (χ4n) is 1.29. The summed E-state index contributed by atoms with van der Waals surface area (Å²) in [5.74, 6) is -1.21. The zero-order valence-electron chi connectivity index (χ0n) is 10.4. The molecular formula is C11H16N2O4S. The molecule has 1 heterocycles. The zero-order chi connectivity index (χ0) is 13.5. The van der Waals surface area contributed by atoms with Gasteiger partial charge in [-0.05, 0) is 13.3 Å². The number of aromatic nitrogens is 1. The Morgan fingerprint density at radius 2 is 2.22 bits per heavy atom. The van der Waals surface area contributed by atoms with Gasteiger partial charge >= 0.3 is 5.97 Å². The number of carbonyl (C=O) groups is 2. The van der Waals surface area contributed by atoms with Crippen LogP contribution < -0.4 is 5.32 Å². The number of rotatable bonds is 7. The van der Waals surface area contributed by atoms with Gasteiger partial charge < -0.3 is 15.2 Å². The van der Waals surface area contributed by atoms with E-state index in [-0.39, 0.29) is 25.7 Å². The molecule has 0 aliphatic carbocycles. The molecule has 0 saturated heterocycles. The van der Waals surface area contributed by atoms with E-state index in [9.17, 15) is 9.59 Å². The van der Waals surface area contributed by atoms with Crippen molar-refractivity contribution < 1.29 is 19.4 Å². The highest BCUT2D eigenvalue weighted by Crippen LogP contribution is 2.17. The van der Waals surface area contributed by atoms with Crippen molar-refractivity contribution in [2.45, 2.75) is 20.3 Å². The van der Waals surface area contributed by atoms with E-state index in [1.54, 1.807) is 6.92 Å². The lowest BCUT2D eigenvalue weighted by Crippen LogP contribution is -2.27. The monoisotopic (exact) mass is 272 g/mol. The first kappa shape index (κ1) is 14.6. The summed E-state index contributed by atoms with van der Waals surface area (Å²) in [5, 5.41) is 11.9. The average Bonchev–Trinajstić information content (AvgIpc) is 2.69. The molecule has 0 fully saturated rings. The summed E-state index contributed by atoms with van der Waals surface area (Å²) < 4.78 is 4.81. The topological polar surface area (TPSA) is 88.5 Å². The number of nitrogens with zero attached hydrogens (tertiary/aromatic N) is 1. The first-order valence-electron chi connectivity index (χ1n) is 5.58. The molecule has 7 heteroatoms. The molecule has 0 unspecified atom stereocenters. The largest absolute Gasteiger partial charge is 0.480 e. The van der Waals surface area contributed by atoms with Crippen LogP contribution in [0.25, 0.3) is 0 Å². The van der Waals surface area contributed by atoms with Crippen LogP contribution in [0.5, 0.6) is 0 Å². The second kappa shape index (κ2) is 7.07. The maximum absolute atomic E-state index is 11.8. The number of carboxylic acid groups (broad SMARTS) is 1. The number of thiazole rings is 1. The number of aliphatic carboxylic acids is 1.